The zero-order chi connectivity index (χ0) is 17.6. The molecule has 0 aromatic heterocycles. The summed E-state index contributed by atoms with van der Waals surface area (Å²) >= 11 is -3.60. The topological polar surface area (TPSA) is 0 Å². The number of rotatable bonds is 2. The van der Waals surface area contributed by atoms with E-state index in [9.17, 15) is 43.9 Å². The molecule has 0 aliphatic rings. The summed E-state index contributed by atoms with van der Waals surface area (Å²) in [6.45, 7) is 0. The van der Waals surface area contributed by atoms with Gasteiger partial charge >= 0.3 is 131 Å². The van der Waals surface area contributed by atoms with Crippen molar-refractivity contribution in [2.75, 3.05) is 0 Å². The maximum absolute atomic E-state index is 13.4. The summed E-state index contributed by atoms with van der Waals surface area (Å²) in [6, 6.07) is 0. The van der Waals surface area contributed by atoms with Crippen LogP contribution in [0, 0.1) is 58.2 Å². The van der Waals surface area contributed by atoms with Crippen molar-refractivity contribution >= 4 is 90.3 Å². The monoisotopic (exact) mass is 685 g/mol. The third-order valence-electron chi connectivity index (χ3n) is 2.67. The van der Waals surface area contributed by atoms with E-state index in [0.717, 1.165) is 0 Å². The molecule has 0 heterocycles. The number of halogens is 13. The van der Waals surface area contributed by atoms with Crippen LogP contribution in [-0.4, -0.2) is 46.0 Å². The Bertz CT molecular complexity index is 709. The van der Waals surface area contributed by atoms with E-state index in [4.69, 9.17) is 0 Å². The molecule has 3 radical (unpaired) electrons. The summed E-state index contributed by atoms with van der Waals surface area (Å²) in [7, 11) is 0. The van der Waals surface area contributed by atoms with Gasteiger partial charge < -0.3 is 0 Å². The average Bonchev–Trinajstić information content (AvgIpc) is 2.54. The molecule has 2 aromatic rings. The molecule has 2 aromatic carbocycles. The van der Waals surface area contributed by atoms with Crippen LogP contribution in [0.5, 0.6) is 0 Å². The van der Waals surface area contributed by atoms with Crippen LogP contribution >= 0.6 is 37.2 Å². The van der Waals surface area contributed by atoms with Crippen LogP contribution in [0.2, 0.25) is 0 Å². The van der Waals surface area contributed by atoms with E-state index in [2.05, 4.69) is 0 Å². The van der Waals surface area contributed by atoms with Crippen molar-refractivity contribution in [1.82, 2.24) is 0 Å². The van der Waals surface area contributed by atoms with E-state index < -0.39 is 86.8 Å². The van der Waals surface area contributed by atoms with Crippen LogP contribution in [-0.2, 0) is 0 Å². The molecule has 15 heteroatoms. The van der Waals surface area contributed by atoms with Crippen LogP contribution in [0.1, 0.15) is 0 Å². The Labute approximate surface area is 191 Å². The molecule has 0 saturated heterocycles. The van der Waals surface area contributed by atoms with Crippen LogP contribution in [0.4, 0.5) is 43.9 Å². The Kier molecular flexibility index (Phi) is 14.3. The standard InChI is InChI=1S/2C6F5.3ClH.2Sb.H/c2*7-2-1-3(8)5(10)6(11)4(2)9;;;;;;/h;;3*1H;;;. The van der Waals surface area contributed by atoms with E-state index in [1.165, 1.54) is 0 Å². The molecular weight excluding hydrogens is 684 g/mol. The number of hydrogen-bond acceptors (Lipinski definition) is 0. The molecule has 0 unspecified atom stereocenters. The molecule has 0 spiro atoms. The number of hydrogen-bond donors (Lipinski definition) is 0. The normalized spacial score (nSPS) is 9.56. The molecule has 0 aliphatic carbocycles. The van der Waals surface area contributed by atoms with Gasteiger partial charge in [0.2, 0.25) is 0 Å². The smallest absolute Gasteiger partial charge is 0 e. The van der Waals surface area contributed by atoms with E-state index >= 15 is 0 Å². The Morgan fingerprint density at radius 1 is 0.333 bits per heavy atom. The number of benzene rings is 2. The predicted octanol–water partition coefficient (Wildman–Crippen LogP) is 3.35. The maximum Gasteiger partial charge on any atom is 0 e. The maximum atomic E-state index is 13.4. The largest absolute Gasteiger partial charge is 0 e. The zero-order valence-corrected chi connectivity index (χ0v) is 19.8. The van der Waals surface area contributed by atoms with Gasteiger partial charge in [-0.2, -0.15) is 0 Å². The summed E-state index contributed by atoms with van der Waals surface area (Å²) < 4.78 is 128. The average molecular weight is 688 g/mol. The van der Waals surface area contributed by atoms with Gasteiger partial charge in [0.05, 0.1) is 0 Å². The molecule has 0 atom stereocenters. The minimum Gasteiger partial charge on any atom is 0 e. The van der Waals surface area contributed by atoms with Gasteiger partial charge in [-0.1, -0.05) is 0 Å². The second-order valence-corrected chi connectivity index (χ2v) is 7.58. The summed E-state index contributed by atoms with van der Waals surface area (Å²) in [5.41, 5.74) is 0. The van der Waals surface area contributed by atoms with Crippen molar-refractivity contribution < 1.29 is 43.9 Å². The first-order chi connectivity index (χ1) is 10.6. The molecule has 0 fully saturated rings. The van der Waals surface area contributed by atoms with E-state index in [1.54, 1.807) is 0 Å². The van der Waals surface area contributed by atoms with E-state index in [-0.39, 0.29) is 61.6 Å². The van der Waals surface area contributed by atoms with Crippen molar-refractivity contribution in [3.63, 3.8) is 0 Å². The fourth-order valence-electron chi connectivity index (χ4n) is 1.55. The zero-order valence-electron chi connectivity index (χ0n) is 12.0. The van der Waals surface area contributed by atoms with Crippen LogP contribution in [0.3, 0.4) is 0 Å². The minimum atomic E-state index is -3.60. The Balaban J connectivity index is -0.00000144. The first-order valence-electron chi connectivity index (χ1n) is 5.39. The summed E-state index contributed by atoms with van der Waals surface area (Å²) in [6.07, 6.45) is 0. The molecule has 0 aliphatic heterocycles. The molecule has 2 rings (SSSR count). The molecule has 0 bridgehead atoms. The second-order valence-electron chi connectivity index (χ2n) is 4.01. The van der Waals surface area contributed by atoms with Crippen molar-refractivity contribution in [1.29, 1.82) is 0 Å². The van der Waals surface area contributed by atoms with E-state index in [0.29, 0.717) is 0 Å². The Morgan fingerprint density at radius 2 is 0.481 bits per heavy atom. The van der Waals surface area contributed by atoms with Gasteiger partial charge in [-0.05, 0) is 0 Å². The van der Waals surface area contributed by atoms with Crippen LogP contribution in [0.15, 0.2) is 0 Å². The van der Waals surface area contributed by atoms with E-state index in [1.807, 2.05) is 0 Å². The predicted molar refractivity (Wildman–Crippen MR) is 86.4 cm³/mol. The molecule has 0 amide bonds. The Hall–Kier alpha value is 0.246. The van der Waals surface area contributed by atoms with Gasteiger partial charge in [0, 0.05) is 24.4 Å². The summed E-state index contributed by atoms with van der Waals surface area (Å²) in [5, 5.41) is 0. The van der Waals surface area contributed by atoms with Crippen LogP contribution in [0.25, 0.3) is 0 Å². The first kappa shape index (κ1) is 31.9. The Morgan fingerprint density at radius 3 is 0.667 bits per heavy atom. The third kappa shape index (κ3) is 5.65. The molecular formula is C12H4Cl3F10Sb2. The van der Waals surface area contributed by atoms with Crippen LogP contribution < -0.4 is 7.02 Å². The van der Waals surface area contributed by atoms with Gasteiger partial charge in [0.15, 0.2) is 0 Å². The summed E-state index contributed by atoms with van der Waals surface area (Å²) in [4.78, 5) is 0. The van der Waals surface area contributed by atoms with Gasteiger partial charge in [-0.3, -0.25) is 0 Å². The summed E-state index contributed by atoms with van der Waals surface area (Å²) in [5.74, 6) is -23.9. The van der Waals surface area contributed by atoms with Crippen molar-refractivity contribution in [2.45, 2.75) is 0 Å². The fourth-order valence-corrected chi connectivity index (χ4v) is 4.77. The van der Waals surface area contributed by atoms with Crippen molar-refractivity contribution in [3.8, 4) is 0 Å². The molecule has 153 valence electrons. The third-order valence-corrected chi connectivity index (χ3v) is 6.60. The molecule has 0 N–H and O–H groups in total. The quantitative estimate of drug-likeness (QED) is 0.197. The van der Waals surface area contributed by atoms with Crippen molar-refractivity contribution in [3.05, 3.63) is 58.2 Å². The molecule has 0 saturated carbocycles. The van der Waals surface area contributed by atoms with Crippen molar-refractivity contribution in [2.24, 2.45) is 0 Å². The van der Waals surface area contributed by atoms with Gasteiger partial charge in [-0.15, -0.1) is 37.2 Å². The van der Waals surface area contributed by atoms with Gasteiger partial charge in [0.1, 0.15) is 0 Å². The SMILES string of the molecule is Cl.Cl.Cl.Fc1c(F)c(F)[c]([SbH][c]2c(F)c(F)c(F)c(F)c2F)c(F)c1F.[Sb]. The molecule has 27 heavy (non-hydrogen) atoms. The fraction of sp³-hybridized carbons (Fsp3) is 0. The first-order valence-corrected chi connectivity index (χ1v) is 8.24. The molecule has 0 nitrogen and oxygen atoms in total. The second kappa shape index (κ2) is 12.1. The minimum absolute atomic E-state index is 0. The van der Waals surface area contributed by atoms with Gasteiger partial charge in [0.25, 0.3) is 0 Å². The van der Waals surface area contributed by atoms with Gasteiger partial charge in [-0.25, -0.2) is 0 Å².